The third-order valence-electron chi connectivity index (χ3n) is 3.10. The van der Waals surface area contributed by atoms with Crippen LogP contribution in [0.2, 0.25) is 0 Å². The van der Waals surface area contributed by atoms with Gasteiger partial charge >= 0.3 is 0 Å². The topological polar surface area (TPSA) is 32.3 Å². The van der Waals surface area contributed by atoms with Crippen molar-refractivity contribution in [2.45, 2.75) is 19.1 Å². The summed E-state index contributed by atoms with van der Waals surface area (Å²) in [7, 11) is 0. The zero-order valence-electron chi connectivity index (χ0n) is 10.6. The van der Waals surface area contributed by atoms with Crippen molar-refractivity contribution >= 4 is 0 Å². The van der Waals surface area contributed by atoms with E-state index in [1.54, 1.807) is 0 Å². The van der Waals surface area contributed by atoms with Gasteiger partial charge in [-0.25, -0.2) is 0 Å². The third-order valence-corrected chi connectivity index (χ3v) is 3.10. The monoisotopic (exact) mass is 241 g/mol. The van der Waals surface area contributed by atoms with Crippen LogP contribution >= 0.6 is 0 Å². The summed E-state index contributed by atoms with van der Waals surface area (Å²) in [6.45, 7) is 2.66. The van der Waals surface area contributed by atoms with Gasteiger partial charge < -0.3 is 10.4 Å². The van der Waals surface area contributed by atoms with Gasteiger partial charge in [0, 0.05) is 12.6 Å². The van der Waals surface area contributed by atoms with E-state index in [4.69, 9.17) is 0 Å². The summed E-state index contributed by atoms with van der Waals surface area (Å²) in [5.41, 5.74) is 2.18. The highest BCUT2D eigenvalue weighted by molar-refractivity contribution is 5.19. The minimum atomic E-state index is -0.461. The van der Waals surface area contributed by atoms with Gasteiger partial charge in [0.2, 0.25) is 0 Å². The lowest BCUT2D eigenvalue weighted by atomic mass is 10.1. The normalized spacial score (nSPS) is 14.1. The minimum Gasteiger partial charge on any atom is -0.387 e. The smallest absolute Gasteiger partial charge is 0.0914 e. The molecule has 94 valence electrons. The maximum atomic E-state index is 10.1. The van der Waals surface area contributed by atoms with E-state index in [0.29, 0.717) is 6.54 Å². The summed E-state index contributed by atoms with van der Waals surface area (Å²) >= 11 is 0. The lowest BCUT2D eigenvalue weighted by molar-refractivity contribution is 0.171. The van der Waals surface area contributed by atoms with Crippen LogP contribution in [-0.4, -0.2) is 11.7 Å². The van der Waals surface area contributed by atoms with Gasteiger partial charge in [-0.1, -0.05) is 60.7 Å². The van der Waals surface area contributed by atoms with Gasteiger partial charge in [0.15, 0.2) is 0 Å². The molecule has 18 heavy (non-hydrogen) atoms. The number of aliphatic hydroxyl groups excluding tert-OH is 1. The molecule has 0 aliphatic carbocycles. The molecular formula is C16H19NO. The van der Waals surface area contributed by atoms with E-state index in [1.165, 1.54) is 5.56 Å². The Morgan fingerprint density at radius 2 is 1.39 bits per heavy atom. The van der Waals surface area contributed by atoms with Crippen molar-refractivity contribution < 1.29 is 5.11 Å². The Morgan fingerprint density at radius 3 is 1.94 bits per heavy atom. The second kappa shape index (κ2) is 6.34. The molecule has 2 N–H and O–H groups in total. The van der Waals surface area contributed by atoms with Crippen LogP contribution in [0, 0.1) is 0 Å². The molecule has 2 aromatic rings. The summed E-state index contributed by atoms with van der Waals surface area (Å²) in [5, 5.41) is 13.4. The summed E-state index contributed by atoms with van der Waals surface area (Å²) in [6.07, 6.45) is -0.461. The molecule has 2 nitrogen and oxygen atoms in total. The molecule has 2 rings (SSSR count). The SMILES string of the molecule is C[C@@H](NC[C@H](O)c1ccccc1)c1ccccc1. The van der Waals surface area contributed by atoms with Gasteiger partial charge in [0.05, 0.1) is 6.10 Å². The number of hydrogen-bond donors (Lipinski definition) is 2. The first kappa shape index (κ1) is 12.8. The van der Waals surface area contributed by atoms with Crippen molar-refractivity contribution in [3.63, 3.8) is 0 Å². The van der Waals surface area contributed by atoms with Crippen molar-refractivity contribution in [1.29, 1.82) is 0 Å². The molecule has 0 bridgehead atoms. The van der Waals surface area contributed by atoms with Crippen LogP contribution in [-0.2, 0) is 0 Å². The lowest BCUT2D eigenvalue weighted by Crippen LogP contribution is -2.24. The number of aliphatic hydroxyl groups is 1. The van der Waals surface area contributed by atoms with Crippen LogP contribution in [0.4, 0.5) is 0 Å². The van der Waals surface area contributed by atoms with Gasteiger partial charge in [0.25, 0.3) is 0 Å². The highest BCUT2D eigenvalue weighted by Gasteiger charge is 2.09. The fourth-order valence-electron chi connectivity index (χ4n) is 1.94. The van der Waals surface area contributed by atoms with Crippen molar-refractivity contribution in [1.82, 2.24) is 5.32 Å². The Labute approximate surface area is 108 Å². The summed E-state index contributed by atoms with van der Waals surface area (Å²) in [6, 6.07) is 20.2. The first-order valence-corrected chi connectivity index (χ1v) is 6.28. The zero-order chi connectivity index (χ0) is 12.8. The Kier molecular flexibility index (Phi) is 4.51. The fraction of sp³-hybridized carbons (Fsp3) is 0.250. The fourth-order valence-corrected chi connectivity index (χ4v) is 1.94. The molecule has 0 unspecified atom stereocenters. The highest BCUT2D eigenvalue weighted by Crippen LogP contribution is 2.15. The maximum absolute atomic E-state index is 10.1. The van der Waals surface area contributed by atoms with Crippen molar-refractivity contribution in [3.05, 3.63) is 71.8 Å². The second-order valence-corrected chi connectivity index (χ2v) is 4.47. The van der Waals surface area contributed by atoms with E-state index in [1.807, 2.05) is 48.5 Å². The largest absolute Gasteiger partial charge is 0.387 e. The molecule has 0 spiro atoms. The van der Waals surface area contributed by atoms with Crippen LogP contribution in [0.5, 0.6) is 0 Å². The summed E-state index contributed by atoms with van der Waals surface area (Å²) < 4.78 is 0. The highest BCUT2D eigenvalue weighted by atomic mass is 16.3. The van der Waals surface area contributed by atoms with Crippen LogP contribution in [0.15, 0.2) is 60.7 Å². The van der Waals surface area contributed by atoms with Gasteiger partial charge in [-0.05, 0) is 18.1 Å². The molecule has 0 fully saturated rings. The summed E-state index contributed by atoms with van der Waals surface area (Å²) in [4.78, 5) is 0. The molecule has 0 amide bonds. The predicted octanol–water partition coefficient (Wildman–Crippen LogP) is 3.07. The molecule has 0 aromatic heterocycles. The van der Waals surface area contributed by atoms with Gasteiger partial charge in [-0.2, -0.15) is 0 Å². The Bertz CT molecular complexity index is 410. The predicted molar refractivity (Wildman–Crippen MR) is 74.3 cm³/mol. The molecule has 0 saturated carbocycles. The third kappa shape index (κ3) is 3.42. The number of rotatable bonds is 5. The lowest BCUT2D eigenvalue weighted by Gasteiger charge is -2.17. The standard InChI is InChI=1S/C16H19NO/c1-13(14-8-4-2-5-9-14)17-12-16(18)15-10-6-3-7-11-15/h2-11,13,16-18H,12H2,1H3/t13-,16+/m1/s1. The molecule has 2 aromatic carbocycles. The van der Waals surface area contributed by atoms with E-state index >= 15 is 0 Å². The molecule has 0 aliphatic rings. The van der Waals surface area contributed by atoms with Crippen LogP contribution in [0.3, 0.4) is 0 Å². The van der Waals surface area contributed by atoms with Crippen LogP contribution in [0.25, 0.3) is 0 Å². The van der Waals surface area contributed by atoms with Gasteiger partial charge in [-0.3, -0.25) is 0 Å². The van der Waals surface area contributed by atoms with Gasteiger partial charge in [0.1, 0.15) is 0 Å². The molecule has 0 heterocycles. The first-order valence-electron chi connectivity index (χ1n) is 6.28. The first-order chi connectivity index (χ1) is 8.77. The van der Waals surface area contributed by atoms with E-state index < -0.39 is 6.10 Å². The number of hydrogen-bond acceptors (Lipinski definition) is 2. The van der Waals surface area contributed by atoms with E-state index in [0.717, 1.165) is 5.56 Å². The molecule has 0 aliphatic heterocycles. The average molecular weight is 241 g/mol. The average Bonchev–Trinajstić information content (AvgIpc) is 2.46. The molecular weight excluding hydrogens is 222 g/mol. The maximum Gasteiger partial charge on any atom is 0.0914 e. The number of benzene rings is 2. The Morgan fingerprint density at radius 1 is 0.889 bits per heavy atom. The minimum absolute atomic E-state index is 0.240. The van der Waals surface area contributed by atoms with Crippen molar-refractivity contribution in [2.24, 2.45) is 0 Å². The molecule has 2 atom stereocenters. The molecule has 0 saturated heterocycles. The summed E-state index contributed by atoms with van der Waals surface area (Å²) in [5.74, 6) is 0. The Hall–Kier alpha value is -1.64. The second-order valence-electron chi connectivity index (χ2n) is 4.47. The number of nitrogens with one attached hydrogen (secondary N) is 1. The van der Waals surface area contributed by atoms with E-state index in [9.17, 15) is 5.11 Å². The van der Waals surface area contributed by atoms with E-state index in [-0.39, 0.29) is 6.04 Å². The van der Waals surface area contributed by atoms with E-state index in [2.05, 4.69) is 24.4 Å². The van der Waals surface area contributed by atoms with Gasteiger partial charge in [-0.15, -0.1) is 0 Å². The van der Waals surface area contributed by atoms with Crippen LogP contribution < -0.4 is 5.32 Å². The zero-order valence-corrected chi connectivity index (χ0v) is 10.6. The molecule has 0 radical (unpaired) electrons. The van der Waals surface area contributed by atoms with Crippen LogP contribution in [0.1, 0.15) is 30.2 Å². The quantitative estimate of drug-likeness (QED) is 0.843. The van der Waals surface area contributed by atoms with Crippen molar-refractivity contribution in [2.75, 3.05) is 6.54 Å². The molecule has 2 heteroatoms. The van der Waals surface area contributed by atoms with Crippen molar-refractivity contribution in [3.8, 4) is 0 Å². The Balaban J connectivity index is 1.89.